The highest BCUT2D eigenvalue weighted by atomic mass is 35.5. The fourth-order valence-electron chi connectivity index (χ4n) is 3.69. The lowest BCUT2D eigenvalue weighted by Gasteiger charge is -2.15. The third-order valence-electron chi connectivity index (χ3n) is 5.70. The molecule has 0 fully saturated rings. The minimum Gasteiger partial charge on any atom is -0.375 e. The Kier molecular flexibility index (Phi) is 7.54. The molecule has 0 aliphatic carbocycles. The van der Waals surface area contributed by atoms with Gasteiger partial charge in [0.05, 0.1) is 12.6 Å². The first-order valence-electron chi connectivity index (χ1n) is 11.0. The highest BCUT2D eigenvalue weighted by Gasteiger charge is 2.37. The van der Waals surface area contributed by atoms with Crippen LogP contribution in [0, 0.1) is 0 Å². The average molecular weight is 508 g/mol. The van der Waals surface area contributed by atoms with E-state index in [4.69, 9.17) is 23.2 Å². The van der Waals surface area contributed by atoms with Crippen LogP contribution >= 0.6 is 23.2 Å². The molecule has 4 rings (SSSR count). The number of nitrogens with zero attached hydrogens (tertiary/aromatic N) is 1. The first-order valence-corrected chi connectivity index (χ1v) is 11.8. The van der Waals surface area contributed by atoms with Crippen molar-refractivity contribution in [2.45, 2.75) is 26.1 Å². The van der Waals surface area contributed by atoms with E-state index in [1.54, 1.807) is 48.5 Å². The molecule has 0 bridgehead atoms. The lowest BCUT2D eigenvalue weighted by atomic mass is 10.1. The Morgan fingerprint density at radius 1 is 0.857 bits per heavy atom. The van der Waals surface area contributed by atoms with Crippen molar-refractivity contribution in [2.75, 3.05) is 0 Å². The number of hydrogen-bond donors (Lipinski definition) is 2. The highest BCUT2D eigenvalue weighted by Crippen LogP contribution is 2.25. The molecule has 178 valence electrons. The number of halogens is 2. The molecule has 0 aromatic heterocycles. The summed E-state index contributed by atoms with van der Waals surface area (Å²) in [6.07, 6.45) is 0. The van der Waals surface area contributed by atoms with E-state index < -0.39 is 11.8 Å². The molecule has 1 aliphatic rings. The Morgan fingerprint density at radius 2 is 1.49 bits per heavy atom. The predicted molar refractivity (Wildman–Crippen MR) is 135 cm³/mol. The normalized spacial score (nSPS) is 14.3. The molecule has 1 aliphatic heterocycles. The molecule has 3 amide bonds. The smallest absolute Gasteiger partial charge is 0.278 e. The fourth-order valence-corrected chi connectivity index (χ4v) is 4.06. The lowest BCUT2D eigenvalue weighted by molar-refractivity contribution is -0.138. The zero-order valence-corrected chi connectivity index (χ0v) is 20.4. The number of carbonyl (C=O) groups excluding carboxylic acids is 3. The van der Waals surface area contributed by atoms with Gasteiger partial charge in [0.1, 0.15) is 10.7 Å². The zero-order chi connectivity index (χ0) is 24.9. The predicted octanol–water partition coefficient (Wildman–Crippen LogP) is 4.94. The summed E-state index contributed by atoms with van der Waals surface area (Å²) in [6, 6.07) is 23.5. The van der Waals surface area contributed by atoms with Crippen molar-refractivity contribution in [3.05, 3.63) is 117 Å². The van der Waals surface area contributed by atoms with Crippen molar-refractivity contribution >= 4 is 40.9 Å². The summed E-state index contributed by atoms with van der Waals surface area (Å²) in [5.41, 5.74) is 3.19. The second-order valence-corrected chi connectivity index (χ2v) is 8.98. The first kappa shape index (κ1) is 24.5. The molecule has 2 N–H and O–H groups in total. The molecule has 0 saturated heterocycles. The summed E-state index contributed by atoms with van der Waals surface area (Å²) in [4.78, 5) is 39.0. The minimum absolute atomic E-state index is 0.0594. The molecule has 1 unspecified atom stereocenters. The number of rotatable bonds is 8. The quantitative estimate of drug-likeness (QED) is 0.423. The summed E-state index contributed by atoms with van der Waals surface area (Å²) in [5, 5.41) is 6.37. The van der Waals surface area contributed by atoms with E-state index in [1.807, 2.05) is 37.3 Å². The number of imide groups is 1. The minimum atomic E-state index is -0.548. The van der Waals surface area contributed by atoms with E-state index in [0.717, 1.165) is 21.6 Å². The molecule has 6 nitrogen and oxygen atoms in total. The monoisotopic (exact) mass is 507 g/mol. The maximum Gasteiger partial charge on any atom is 0.278 e. The Bertz CT molecular complexity index is 1270. The molecule has 0 saturated carbocycles. The average Bonchev–Trinajstić information content (AvgIpc) is 3.07. The molecule has 3 aromatic rings. The number of benzene rings is 3. The van der Waals surface area contributed by atoms with Crippen molar-refractivity contribution in [1.82, 2.24) is 15.5 Å². The van der Waals surface area contributed by atoms with Gasteiger partial charge in [-0.1, -0.05) is 77.8 Å². The third kappa shape index (κ3) is 5.73. The van der Waals surface area contributed by atoms with Crippen LogP contribution in [0.4, 0.5) is 0 Å². The third-order valence-corrected chi connectivity index (χ3v) is 6.30. The standard InChI is InChI=1S/C27H23Cl2N3O3/c1-17(20-5-3-2-4-6-20)31-25(33)21-11-7-18(8-12-21)15-30-24-23(29)26(34)32(27(24)35)16-19-9-13-22(28)14-10-19/h2-14,17,30H,15-16H2,1H3,(H,31,33). The van der Waals surface area contributed by atoms with Gasteiger partial charge in [0.15, 0.2) is 0 Å². The van der Waals surface area contributed by atoms with Gasteiger partial charge in [-0.25, -0.2) is 0 Å². The van der Waals surface area contributed by atoms with Crippen LogP contribution in [-0.2, 0) is 22.7 Å². The maximum absolute atomic E-state index is 12.8. The molecule has 0 radical (unpaired) electrons. The Hall–Kier alpha value is -3.61. The summed E-state index contributed by atoms with van der Waals surface area (Å²) in [6.45, 7) is 2.29. The van der Waals surface area contributed by atoms with E-state index >= 15 is 0 Å². The summed E-state index contributed by atoms with van der Waals surface area (Å²) in [7, 11) is 0. The number of hydrogen-bond acceptors (Lipinski definition) is 4. The van der Waals surface area contributed by atoms with Crippen LogP contribution in [0.1, 0.15) is 40.0 Å². The van der Waals surface area contributed by atoms with Gasteiger partial charge in [-0.3, -0.25) is 19.3 Å². The zero-order valence-electron chi connectivity index (χ0n) is 18.9. The molecule has 3 aromatic carbocycles. The molecular formula is C27H23Cl2N3O3. The molecule has 35 heavy (non-hydrogen) atoms. The van der Waals surface area contributed by atoms with Gasteiger partial charge in [0.2, 0.25) is 0 Å². The van der Waals surface area contributed by atoms with Crippen molar-refractivity contribution in [1.29, 1.82) is 0 Å². The van der Waals surface area contributed by atoms with Crippen LogP contribution < -0.4 is 10.6 Å². The van der Waals surface area contributed by atoms with Gasteiger partial charge in [0, 0.05) is 17.1 Å². The Balaban J connectivity index is 1.35. The molecule has 1 heterocycles. The van der Waals surface area contributed by atoms with Gasteiger partial charge >= 0.3 is 0 Å². The molecule has 1 atom stereocenters. The van der Waals surface area contributed by atoms with Crippen molar-refractivity contribution in [3.63, 3.8) is 0 Å². The van der Waals surface area contributed by atoms with Gasteiger partial charge in [-0.15, -0.1) is 0 Å². The lowest BCUT2D eigenvalue weighted by Crippen LogP contribution is -2.33. The molecule has 0 spiro atoms. The van der Waals surface area contributed by atoms with E-state index in [9.17, 15) is 14.4 Å². The van der Waals surface area contributed by atoms with Crippen LogP contribution in [0.3, 0.4) is 0 Å². The number of nitrogens with one attached hydrogen (secondary N) is 2. The van der Waals surface area contributed by atoms with E-state index in [1.165, 1.54) is 0 Å². The number of amides is 3. The van der Waals surface area contributed by atoms with Gasteiger partial charge in [-0.2, -0.15) is 0 Å². The first-order chi connectivity index (χ1) is 16.8. The second kappa shape index (κ2) is 10.8. The van der Waals surface area contributed by atoms with Gasteiger partial charge in [-0.05, 0) is 47.9 Å². The van der Waals surface area contributed by atoms with Crippen LogP contribution in [0.5, 0.6) is 0 Å². The van der Waals surface area contributed by atoms with Crippen molar-refractivity contribution in [2.24, 2.45) is 0 Å². The van der Waals surface area contributed by atoms with Crippen LogP contribution in [0.2, 0.25) is 5.02 Å². The molecular weight excluding hydrogens is 485 g/mol. The van der Waals surface area contributed by atoms with Crippen molar-refractivity contribution < 1.29 is 14.4 Å². The van der Waals surface area contributed by atoms with E-state index in [0.29, 0.717) is 10.6 Å². The number of carbonyl (C=O) groups is 3. The second-order valence-electron chi connectivity index (χ2n) is 8.17. The van der Waals surface area contributed by atoms with E-state index in [-0.39, 0.29) is 35.8 Å². The highest BCUT2D eigenvalue weighted by molar-refractivity contribution is 6.47. The molecule has 8 heteroatoms. The van der Waals surface area contributed by atoms with Gasteiger partial charge in [0.25, 0.3) is 17.7 Å². The Morgan fingerprint density at radius 3 is 2.14 bits per heavy atom. The summed E-state index contributed by atoms with van der Waals surface area (Å²) in [5.74, 6) is -1.21. The summed E-state index contributed by atoms with van der Waals surface area (Å²) < 4.78 is 0. The van der Waals surface area contributed by atoms with E-state index in [2.05, 4.69) is 10.6 Å². The fraction of sp³-hybridized carbons (Fsp3) is 0.148. The van der Waals surface area contributed by atoms with Crippen LogP contribution in [0.15, 0.2) is 89.6 Å². The Labute approximate surface area is 213 Å². The maximum atomic E-state index is 12.8. The SMILES string of the molecule is CC(NC(=O)c1ccc(CNC2=C(Cl)C(=O)N(Cc3ccc(Cl)cc3)C2=O)cc1)c1ccccc1. The van der Waals surface area contributed by atoms with Crippen LogP contribution in [-0.4, -0.2) is 22.6 Å². The van der Waals surface area contributed by atoms with Crippen LogP contribution in [0.25, 0.3) is 0 Å². The topological polar surface area (TPSA) is 78.5 Å². The van der Waals surface area contributed by atoms with Gasteiger partial charge < -0.3 is 10.6 Å². The summed E-state index contributed by atoms with van der Waals surface area (Å²) >= 11 is 12.1. The largest absolute Gasteiger partial charge is 0.375 e. The van der Waals surface area contributed by atoms with Crippen molar-refractivity contribution in [3.8, 4) is 0 Å².